The predicted octanol–water partition coefficient (Wildman–Crippen LogP) is 1.94. The van der Waals surface area contributed by atoms with Gasteiger partial charge in [-0.05, 0) is 29.8 Å². The maximum Gasteiger partial charge on any atom is 0.269 e. The van der Waals surface area contributed by atoms with E-state index in [9.17, 15) is 24.5 Å². The molecule has 2 aromatic heterocycles. The van der Waals surface area contributed by atoms with Crippen LogP contribution in [0.15, 0.2) is 65.8 Å². The minimum Gasteiger partial charge on any atom is -0.350 e. The lowest BCUT2D eigenvalue weighted by atomic mass is 10.2. The summed E-state index contributed by atoms with van der Waals surface area (Å²) in [6, 6.07) is 12.6. The number of aromatic nitrogens is 4. The highest BCUT2D eigenvalue weighted by atomic mass is 16.6. The van der Waals surface area contributed by atoms with Crippen LogP contribution >= 0.6 is 0 Å². The molecule has 0 saturated carbocycles. The lowest BCUT2D eigenvalue weighted by molar-refractivity contribution is -0.384. The number of carbonyl (C=O) groups excluding carboxylic acids is 2. The number of nitrogens with one attached hydrogen (secondary N) is 2. The first kappa shape index (κ1) is 23.3. The monoisotopic (exact) mass is 475 g/mol. The van der Waals surface area contributed by atoms with Crippen molar-refractivity contribution < 1.29 is 14.5 Å². The van der Waals surface area contributed by atoms with Crippen LogP contribution in [0, 0.1) is 10.1 Å². The number of amides is 2. The lowest BCUT2D eigenvalue weighted by Gasteiger charge is -2.08. The van der Waals surface area contributed by atoms with Crippen molar-refractivity contribution in [1.82, 2.24) is 24.6 Å². The number of rotatable bonds is 8. The van der Waals surface area contributed by atoms with Gasteiger partial charge < -0.3 is 10.6 Å². The Morgan fingerprint density at radius 1 is 1.14 bits per heavy atom. The van der Waals surface area contributed by atoms with Gasteiger partial charge in [0, 0.05) is 36.9 Å². The normalized spacial score (nSPS) is 10.8. The number of nitro groups is 1. The second kappa shape index (κ2) is 9.95. The van der Waals surface area contributed by atoms with E-state index in [1.54, 1.807) is 36.4 Å². The molecule has 12 heteroatoms. The third kappa shape index (κ3) is 5.38. The maximum atomic E-state index is 12.9. The molecule has 2 amide bonds. The number of anilines is 1. The molecule has 0 aliphatic heterocycles. The van der Waals surface area contributed by atoms with Gasteiger partial charge in [-0.1, -0.05) is 12.1 Å². The molecule has 0 fully saturated rings. The summed E-state index contributed by atoms with van der Waals surface area (Å²) < 4.78 is 2.88. The topological polar surface area (TPSA) is 154 Å². The van der Waals surface area contributed by atoms with Crippen molar-refractivity contribution in [2.24, 2.45) is 0 Å². The highest BCUT2D eigenvalue weighted by molar-refractivity contribution is 5.95. The zero-order chi connectivity index (χ0) is 24.9. The molecule has 0 spiro atoms. The number of non-ortho nitro benzene ring substituents is 1. The molecule has 0 aliphatic carbocycles. The smallest absolute Gasteiger partial charge is 0.269 e. The van der Waals surface area contributed by atoms with Gasteiger partial charge in [-0.2, -0.15) is 5.10 Å². The Balaban J connectivity index is 1.41. The third-order valence-electron chi connectivity index (χ3n) is 5.17. The molecular formula is C23H21N7O5. The molecule has 2 N–H and O–H groups in total. The summed E-state index contributed by atoms with van der Waals surface area (Å²) >= 11 is 0. The van der Waals surface area contributed by atoms with Crippen molar-refractivity contribution in [3.63, 3.8) is 0 Å². The summed E-state index contributed by atoms with van der Waals surface area (Å²) in [4.78, 5) is 51.1. The number of benzene rings is 2. The molecule has 0 saturated heterocycles. The zero-order valence-electron chi connectivity index (χ0n) is 18.7. The first-order chi connectivity index (χ1) is 16.8. The first-order valence-corrected chi connectivity index (χ1v) is 10.6. The fourth-order valence-corrected chi connectivity index (χ4v) is 3.52. The van der Waals surface area contributed by atoms with Crippen molar-refractivity contribution in [2.75, 3.05) is 11.9 Å². The minimum atomic E-state index is -0.489. The largest absolute Gasteiger partial charge is 0.350 e. The van der Waals surface area contributed by atoms with Crippen molar-refractivity contribution in [2.45, 2.75) is 20.0 Å². The van der Waals surface area contributed by atoms with E-state index in [2.05, 4.69) is 20.7 Å². The summed E-state index contributed by atoms with van der Waals surface area (Å²) in [5.74, 6) is -0.485. The highest BCUT2D eigenvalue weighted by Crippen LogP contribution is 2.14. The van der Waals surface area contributed by atoms with E-state index in [-0.39, 0.29) is 36.2 Å². The van der Waals surface area contributed by atoms with Gasteiger partial charge in [0.25, 0.3) is 17.2 Å². The Hall–Kier alpha value is -4.87. The average Bonchev–Trinajstić information content (AvgIpc) is 3.25. The second-order valence-electron chi connectivity index (χ2n) is 7.72. The van der Waals surface area contributed by atoms with E-state index in [0.717, 1.165) is 0 Å². The van der Waals surface area contributed by atoms with Crippen molar-refractivity contribution >= 4 is 34.2 Å². The molecular weight excluding hydrogens is 454 g/mol. The Labute approximate surface area is 198 Å². The third-order valence-corrected chi connectivity index (χ3v) is 5.17. The van der Waals surface area contributed by atoms with Crippen LogP contribution in [0.2, 0.25) is 0 Å². The highest BCUT2D eigenvalue weighted by Gasteiger charge is 2.13. The molecule has 0 unspecified atom stereocenters. The van der Waals surface area contributed by atoms with Crippen molar-refractivity contribution in [3.05, 3.63) is 92.7 Å². The number of nitro benzene ring substituents is 1. The van der Waals surface area contributed by atoms with Gasteiger partial charge in [-0.15, -0.1) is 0 Å². The van der Waals surface area contributed by atoms with Crippen LogP contribution in [0.3, 0.4) is 0 Å². The van der Waals surface area contributed by atoms with Crippen LogP contribution in [0.4, 0.5) is 11.4 Å². The van der Waals surface area contributed by atoms with Crippen LogP contribution in [0.1, 0.15) is 22.8 Å². The van der Waals surface area contributed by atoms with Crippen molar-refractivity contribution in [3.8, 4) is 0 Å². The number of carbonyl (C=O) groups is 2. The van der Waals surface area contributed by atoms with Crippen LogP contribution in [-0.2, 0) is 17.9 Å². The molecule has 4 aromatic rings. The summed E-state index contributed by atoms with van der Waals surface area (Å²) in [6.45, 7) is 2.08. The van der Waals surface area contributed by atoms with E-state index in [1.165, 1.54) is 40.8 Å². The summed E-state index contributed by atoms with van der Waals surface area (Å²) in [7, 11) is 0. The SMILES string of the molecule is CC(=O)Nc1ccc(C(=O)NCCn2ncc3c(=O)n(Cc4cccc([N+](=O)[O-])c4)cnc32)cc1. The molecule has 12 nitrogen and oxygen atoms in total. The summed E-state index contributed by atoms with van der Waals surface area (Å²) in [6.07, 6.45) is 2.79. The van der Waals surface area contributed by atoms with E-state index in [0.29, 0.717) is 34.4 Å². The van der Waals surface area contributed by atoms with Gasteiger partial charge >= 0.3 is 0 Å². The Kier molecular flexibility index (Phi) is 6.62. The Morgan fingerprint density at radius 3 is 2.63 bits per heavy atom. The zero-order valence-corrected chi connectivity index (χ0v) is 18.7. The quantitative estimate of drug-likeness (QED) is 0.291. The number of hydrogen-bond donors (Lipinski definition) is 2. The summed E-state index contributed by atoms with van der Waals surface area (Å²) in [5, 5.41) is 20.9. The number of nitrogens with zero attached hydrogens (tertiary/aromatic N) is 5. The van der Waals surface area contributed by atoms with Gasteiger partial charge in [0.2, 0.25) is 5.91 Å². The van der Waals surface area contributed by atoms with Crippen LogP contribution in [0.5, 0.6) is 0 Å². The standard InChI is InChI=1S/C23H21N7O5/c1-15(31)27-18-7-5-17(6-8-18)22(32)24-9-10-29-21-20(12-26-29)23(33)28(14-25-21)13-16-3-2-4-19(11-16)30(34)35/h2-8,11-12,14H,9-10,13H2,1H3,(H,24,32)(H,27,31). The molecule has 4 rings (SSSR count). The molecule has 178 valence electrons. The predicted molar refractivity (Wildman–Crippen MR) is 127 cm³/mol. The van der Waals surface area contributed by atoms with Gasteiger partial charge in [0.05, 0.1) is 24.2 Å². The van der Waals surface area contributed by atoms with Crippen LogP contribution in [0.25, 0.3) is 11.0 Å². The molecule has 0 bridgehead atoms. The molecule has 0 aliphatic rings. The molecule has 2 aromatic carbocycles. The van der Waals surface area contributed by atoms with Crippen LogP contribution in [-0.4, -0.2) is 42.6 Å². The van der Waals surface area contributed by atoms with Crippen LogP contribution < -0.4 is 16.2 Å². The van der Waals surface area contributed by atoms with E-state index >= 15 is 0 Å². The molecule has 35 heavy (non-hydrogen) atoms. The van der Waals surface area contributed by atoms with Gasteiger partial charge in [0.15, 0.2) is 5.65 Å². The lowest BCUT2D eigenvalue weighted by Crippen LogP contribution is -2.27. The fraction of sp³-hybridized carbons (Fsp3) is 0.174. The fourth-order valence-electron chi connectivity index (χ4n) is 3.52. The molecule has 2 heterocycles. The molecule has 0 atom stereocenters. The Bertz CT molecular complexity index is 1470. The summed E-state index contributed by atoms with van der Waals surface area (Å²) in [5.41, 5.74) is 1.63. The Morgan fingerprint density at radius 2 is 1.91 bits per heavy atom. The average molecular weight is 475 g/mol. The van der Waals surface area contributed by atoms with Gasteiger partial charge in [-0.25, -0.2) is 9.67 Å². The van der Waals surface area contributed by atoms with Gasteiger partial charge in [-0.3, -0.25) is 29.1 Å². The number of hydrogen-bond acceptors (Lipinski definition) is 7. The minimum absolute atomic E-state index is 0.0527. The second-order valence-corrected chi connectivity index (χ2v) is 7.72. The maximum absolute atomic E-state index is 12.9. The van der Waals surface area contributed by atoms with E-state index < -0.39 is 4.92 Å². The van der Waals surface area contributed by atoms with Gasteiger partial charge in [0.1, 0.15) is 11.7 Å². The van der Waals surface area contributed by atoms with E-state index in [1.807, 2.05) is 0 Å². The van der Waals surface area contributed by atoms with E-state index in [4.69, 9.17) is 0 Å². The molecule has 0 radical (unpaired) electrons. The first-order valence-electron chi connectivity index (χ1n) is 10.6. The number of fused-ring (bicyclic) bond motifs is 1. The van der Waals surface area contributed by atoms with Crippen molar-refractivity contribution in [1.29, 1.82) is 0 Å².